The van der Waals surface area contributed by atoms with Crippen molar-refractivity contribution in [2.24, 2.45) is 0 Å². The van der Waals surface area contributed by atoms with Gasteiger partial charge in [0.1, 0.15) is 17.3 Å². The Kier molecular flexibility index (Phi) is 6.38. The molecule has 1 aliphatic carbocycles. The minimum Gasteiger partial charge on any atom is -0.507 e. The molecule has 0 amide bonds. The molecule has 42 heavy (non-hydrogen) atoms. The van der Waals surface area contributed by atoms with Gasteiger partial charge in [0.2, 0.25) is 0 Å². The Morgan fingerprint density at radius 1 is 0.738 bits per heavy atom. The molecule has 3 aromatic heterocycles. The number of hydrogen-bond donors (Lipinski definition) is 1. The van der Waals surface area contributed by atoms with Crippen molar-refractivity contribution < 1.29 is 5.11 Å². The van der Waals surface area contributed by atoms with Gasteiger partial charge in [0.05, 0.1) is 17.1 Å². The summed E-state index contributed by atoms with van der Waals surface area (Å²) in [5.74, 6) is 1.79. The van der Waals surface area contributed by atoms with Gasteiger partial charge in [-0.15, -0.1) is 0 Å². The summed E-state index contributed by atoms with van der Waals surface area (Å²) in [5, 5.41) is 13.0. The van der Waals surface area contributed by atoms with Crippen LogP contribution in [0, 0.1) is 0 Å². The van der Waals surface area contributed by atoms with Gasteiger partial charge in [0, 0.05) is 35.1 Å². The molecule has 0 bridgehead atoms. The van der Waals surface area contributed by atoms with Gasteiger partial charge in [-0.2, -0.15) is 0 Å². The summed E-state index contributed by atoms with van der Waals surface area (Å²) in [6.07, 6.45) is 7.70. The van der Waals surface area contributed by atoms with Crippen LogP contribution >= 0.6 is 0 Å². The molecular weight excluding hydrogens is 516 g/mol. The Hall–Kier alpha value is -4.77. The van der Waals surface area contributed by atoms with E-state index in [0.29, 0.717) is 11.8 Å². The zero-order chi connectivity index (χ0) is 29.0. The molecule has 3 aromatic carbocycles. The monoisotopic (exact) mass is 550 g/mol. The van der Waals surface area contributed by atoms with Crippen molar-refractivity contribution in [2.75, 3.05) is 0 Å². The normalized spacial score (nSPS) is 12.6. The van der Waals surface area contributed by atoms with Crippen molar-refractivity contribution in [3.63, 3.8) is 0 Å². The van der Waals surface area contributed by atoms with Crippen molar-refractivity contribution in [3.05, 3.63) is 114 Å². The summed E-state index contributed by atoms with van der Waals surface area (Å²) in [6, 6.07) is 25.0. The molecule has 7 rings (SSSR count). The third-order valence-corrected chi connectivity index (χ3v) is 8.48. The number of hydrogen-bond acceptors (Lipinski definition) is 4. The smallest absolute Gasteiger partial charge is 0.146 e. The van der Waals surface area contributed by atoms with E-state index in [0.717, 1.165) is 68.8 Å². The zero-order valence-electron chi connectivity index (χ0n) is 24.5. The van der Waals surface area contributed by atoms with Crippen molar-refractivity contribution in [1.82, 2.24) is 19.5 Å². The Morgan fingerprint density at radius 3 is 2.26 bits per heavy atom. The minimum absolute atomic E-state index is 0.278. The fourth-order valence-corrected chi connectivity index (χ4v) is 6.35. The van der Waals surface area contributed by atoms with Gasteiger partial charge in [0.25, 0.3) is 0 Å². The molecule has 208 valence electrons. The number of aromatic nitrogens is 4. The lowest BCUT2D eigenvalue weighted by atomic mass is 9.88. The number of phenols is 1. The lowest BCUT2D eigenvalue weighted by Crippen LogP contribution is -2.08. The Morgan fingerprint density at radius 2 is 1.48 bits per heavy atom. The molecule has 0 fully saturated rings. The number of fused-ring (bicyclic) bond motifs is 4. The third kappa shape index (κ3) is 4.28. The largest absolute Gasteiger partial charge is 0.507 e. The highest BCUT2D eigenvalue weighted by atomic mass is 16.3. The van der Waals surface area contributed by atoms with Crippen LogP contribution in [0.2, 0.25) is 0 Å². The Bertz CT molecular complexity index is 1940. The van der Waals surface area contributed by atoms with Gasteiger partial charge >= 0.3 is 0 Å². The zero-order valence-corrected chi connectivity index (χ0v) is 24.5. The first-order chi connectivity index (χ1) is 20.4. The summed E-state index contributed by atoms with van der Waals surface area (Å²) in [6.45, 7) is 8.99. The number of benzene rings is 3. The number of phenolic OH excluding ortho intramolecular Hbond substituents is 1. The second-order valence-electron chi connectivity index (χ2n) is 11.8. The van der Waals surface area contributed by atoms with E-state index >= 15 is 0 Å². The van der Waals surface area contributed by atoms with Crippen LogP contribution in [0.3, 0.4) is 0 Å². The molecule has 6 aromatic rings. The van der Waals surface area contributed by atoms with E-state index in [1.165, 1.54) is 16.8 Å². The second kappa shape index (κ2) is 10.3. The van der Waals surface area contributed by atoms with E-state index in [9.17, 15) is 5.11 Å². The van der Waals surface area contributed by atoms with E-state index in [2.05, 4.69) is 98.0 Å². The van der Waals surface area contributed by atoms with Crippen molar-refractivity contribution in [3.8, 4) is 45.5 Å². The second-order valence-corrected chi connectivity index (χ2v) is 11.8. The maximum absolute atomic E-state index is 10.8. The number of pyridine rings is 2. The van der Waals surface area contributed by atoms with E-state index in [1.807, 2.05) is 24.5 Å². The van der Waals surface area contributed by atoms with Crippen molar-refractivity contribution >= 4 is 10.8 Å². The van der Waals surface area contributed by atoms with Gasteiger partial charge in [-0.3, -0.25) is 9.55 Å². The molecule has 0 atom stereocenters. The number of para-hydroxylation sites is 1. The van der Waals surface area contributed by atoms with Gasteiger partial charge in [-0.25, -0.2) is 9.97 Å². The SMILES string of the molecule is CC(C)c1cccc(C(C)C)c1-n1cc(-c2ccc3c(n2)-c2c(O)cccc2CC3)nc1-c1cccc2ccncc12. The molecule has 3 heterocycles. The van der Waals surface area contributed by atoms with Gasteiger partial charge in [-0.1, -0.05) is 82.3 Å². The minimum atomic E-state index is 0.278. The van der Waals surface area contributed by atoms with Crippen LogP contribution in [-0.4, -0.2) is 24.6 Å². The number of aryl methyl sites for hydroxylation is 2. The third-order valence-electron chi connectivity index (χ3n) is 8.48. The summed E-state index contributed by atoms with van der Waals surface area (Å²) in [4.78, 5) is 14.9. The molecule has 0 radical (unpaired) electrons. The Labute approximate surface area is 246 Å². The highest BCUT2D eigenvalue weighted by molar-refractivity contribution is 5.95. The maximum Gasteiger partial charge on any atom is 0.146 e. The van der Waals surface area contributed by atoms with Crippen LogP contribution in [0.15, 0.2) is 91.4 Å². The summed E-state index contributed by atoms with van der Waals surface area (Å²) in [7, 11) is 0. The molecule has 5 heteroatoms. The van der Waals surface area contributed by atoms with E-state index in [-0.39, 0.29) is 5.75 Å². The number of imidazole rings is 1. The number of nitrogens with zero attached hydrogens (tertiary/aromatic N) is 4. The fourth-order valence-electron chi connectivity index (χ4n) is 6.35. The highest BCUT2D eigenvalue weighted by Gasteiger charge is 2.25. The molecule has 5 nitrogen and oxygen atoms in total. The summed E-state index contributed by atoms with van der Waals surface area (Å²) < 4.78 is 2.27. The van der Waals surface area contributed by atoms with Crippen molar-refractivity contribution in [2.45, 2.75) is 52.4 Å². The average Bonchev–Trinajstić information content (AvgIpc) is 3.45. The van der Waals surface area contributed by atoms with Crippen LogP contribution in [0.1, 0.15) is 61.8 Å². The summed E-state index contributed by atoms with van der Waals surface area (Å²) in [5.41, 5.74) is 10.3. The van der Waals surface area contributed by atoms with Gasteiger partial charge < -0.3 is 5.11 Å². The van der Waals surface area contributed by atoms with E-state index in [1.54, 1.807) is 6.07 Å². The topological polar surface area (TPSA) is 63.8 Å². The Balaban J connectivity index is 1.51. The first-order valence-corrected chi connectivity index (χ1v) is 14.8. The number of aromatic hydroxyl groups is 1. The molecule has 0 spiro atoms. The van der Waals surface area contributed by atoms with E-state index in [4.69, 9.17) is 9.97 Å². The van der Waals surface area contributed by atoms with Crippen LogP contribution in [-0.2, 0) is 12.8 Å². The van der Waals surface area contributed by atoms with Crippen molar-refractivity contribution in [1.29, 1.82) is 0 Å². The first kappa shape index (κ1) is 26.1. The fraction of sp³-hybridized carbons (Fsp3) is 0.216. The molecule has 0 unspecified atom stereocenters. The van der Waals surface area contributed by atoms with Crippen LogP contribution < -0.4 is 0 Å². The van der Waals surface area contributed by atoms with Crippen LogP contribution in [0.25, 0.3) is 50.5 Å². The molecule has 0 saturated carbocycles. The summed E-state index contributed by atoms with van der Waals surface area (Å²) >= 11 is 0. The van der Waals surface area contributed by atoms with Gasteiger partial charge in [-0.05, 0) is 70.5 Å². The maximum atomic E-state index is 10.8. The number of rotatable bonds is 5. The lowest BCUT2D eigenvalue weighted by molar-refractivity contribution is 0.476. The standard InChI is InChI=1S/C37H34N4O/c1-22(2)27-10-7-11-28(23(3)4)36(27)41-21-32(40-37(41)29-12-5-8-24-18-19-38-20-30(24)29)31-17-16-26-15-14-25-9-6-13-33(42)34(25)35(26)39-31/h5-13,16-23,42H,14-15H2,1-4H3. The lowest BCUT2D eigenvalue weighted by Gasteiger charge is -2.22. The predicted molar refractivity (Wildman–Crippen MR) is 170 cm³/mol. The molecule has 0 saturated heterocycles. The quantitative estimate of drug-likeness (QED) is 0.233. The van der Waals surface area contributed by atoms with Gasteiger partial charge in [0.15, 0.2) is 0 Å². The highest BCUT2D eigenvalue weighted by Crippen LogP contribution is 2.41. The molecule has 0 aliphatic heterocycles. The molecular formula is C37H34N4O. The van der Waals surface area contributed by atoms with Crippen LogP contribution in [0.5, 0.6) is 5.75 Å². The first-order valence-electron chi connectivity index (χ1n) is 14.8. The average molecular weight is 551 g/mol. The van der Waals surface area contributed by atoms with Crippen LogP contribution in [0.4, 0.5) is 0 Å². The molecule has 1 aliphatic rings. The van der Waals surface area contributed by atoms with E-state index < -0.39 is 0 Å². The molecule has 1 N–H and O–H groups in total. The predicted octanol–water partition coefficient (Wildman–Crippen LogP) is 8.87.